The number of fused-ring (bicyclic) bond motifs is 3. The quantitative estimate of drug-likeness (QED) is 0.235. The van der Waals surface area contributed by atoms with Crippen LogP contribution < -0.4 is 5.73 Å². The van der Waals surface area contributed by atoms with E-state index in [0.717, 1.165) is 29.7 Å². The normalized spacial score (nSPS) is 20.4. The van der Waals surface area contributed by atoms with Crippen molar-refractivity contribution in [2.24, 2.45) is 0 Å². The molecule has 0 radical (unpaired) electrons. The number of ether oxygens (including phenoxy) is 2. The first-order valence-electron chi connectivity index (χ1n) is 13.3. The molecule has 40 heavy (non-hydrogen) atoms. The third-order valence-electron chi connectivity index (χ3n) is 7.85. The van der Waals surface area contributed by atoms with E-state index in [-0.39, 0.29) is 41.3 Å². The van der Waals surface area contributed by atoms with Gasteiger partial charge in [0.2, 0.25) is 5.82 Å². The van der Waals surface area contributed by atoms with Crippen LogP contribution in [0.15, 0.2) is 30.9 Å². The molecule has 2 bridgehead atoms. The molecule has 3 atom stereocenters. The highest BCUT2D eigenvalue weighted by Crippen LogP contribution is 2.45. The third kappa shape index (κ3) is 4.60. The summed E-state index contributed by atoms with van der Waals surface area (Å²) < 4.78 is 12.1. The van der Waals surface area contributed by atoms with Crippen molar-refractivity contribution in [1.29, 1.82) is 0 Å². The molecule has 4 aromatic heterocycles. The molecule has 6 heterocycles. The SMILES string of the molecule is COCCOCc1ccc(-c2cnn3c(N)c(C(C)=O)c([C@H]4C[C@H]5CC[C@@H](C4)N5C(=O)c4nnc[nH]4)nc23)cn1. The Hall–Kier alpha value is -4.23. The minimum absolute atomic E-state index is 0.0210. The molecule has 2 fully saturated rings. The van der Waals surface area contributed by atoms with Crippen LogP contribution in [0.1, 0.15) is 70.9 Å². The van der Waals surface area contributed by atoms with Gasteiger partial charge in [-0.25, -0.2) is 4.98 Å². The van der Waals surface area contributed by atoms with Gasteiger partial charge in [-0.15, -0.1) is 10.2 Å². The average Bonchev–Trinajstić information content (AvgIpc) is 3.69. The van der Waals surface area contributed by atoms with Crippen LogP contribution in [0.5, 0.6) is 0 Å². The molecule has 0 aliphatic carbocycles. The molecule has 208 valence electrons. The molecule has 1 amide bonds. The molecule has 0 spiro atoms. The van der Waals surface area contributed by atoms with E-state index >= 15 is 0 Å². The number of nitrogens with one attached hydrogen (secondary N) is 1. The Morgan fingerprint density at radius 2 is 1.95 bits per heavy atom. The van der Waals surface area contributed by atoms with Gasteiger partial charge in [-0.1, -0.05) is 6.07 Å². The summed E-state index contributed by atoms with van der Waals surface area (Å²) in [6.07, 6.45) is 8.01. The summed E-state index contributed by atoms with van der Waals surface area (Å²) in [4.78, 5) is 40.3. The largest absolute Gasteiger partial charge is 0.383 e. The number of carbonyl (C=O) groups excluding carboxylic acids is 2. The molecule has 3 N–H and O–H groups in total. The highest BCUT2D eigenvalue weighted by Gasteiger charge is 2.45. The van der Waals surface area contributed by atoms with E-state index in [2.05, 4.69) is 25.3 Å². The number of carbonyl (C=O) groups is 2. The number of nitrogens with zero attached hydrogens (tertiary/aromatic N) is 7. The second-order valence-electron chi connectivity index (χ2n) is 10.3. The average molecular weight is 546 g/mol. The van der Waals surface area contributed by atoms with E-state index < -0.39 is 0 Å². The van der Waals surface area contributed by atoms with Gasteiger partial charge < -0.3 is 25.1 Å². The Kier molecular flexibility index (Phi) is 6.98. The first-order chi connectivity index (χ1) is 19.5. The van der Waals surface area contributed by atoms with Crippen molar-refractivity contribution in [1.82, 2.24) is 39.7 Å². The zero-order valence-corrected chi connectivity index (χ0v) is 22.4. The molecular formula is C27H31N9O4. The number of aromatic nitrogens is 7. The molecule has 13 heteroatoms. The molecule has 2 aliphatic heterocycles. The van der Waals surface area contributed by atoms with Gasteiger partial charge >= 0.3 is 0 Å². The van der Waals surface area contributed by atoms with Gasteiger partial charge in [-0.2, -0.15) is 9.61 Å². The van der Waals surface area contributed by atoms with E-state index in [1.165, 1.54) is 17.8 Å². The standard InChI is InChI=1S/C27H31N9O4/c1-15(37)22-23(17-9-19-5-6-20(10-17)35(19)27(38)25-30-14-31-34-25)33-26-21(12-32-36(26)24(22)28)16-3-4-18(29-11-16)13-40-8-7-39-2/h3-4,11-12,14,17,19-20H,5-10,13,28H2,1-2H3,(H,30,31,34)/t17-,19+,20-. The minimum Gasteiger partial charge on any atom is -0.383 e. The van der Waals surface area contributed by atoms with Gasteiger partial charge in [-0.05, 0) is 38.7 Å². The number of H-pyrrole nitrogens is 1. The van der Waals surface area contributed by atoms with Gasteiger partial charge in [0.05, 0.1) is 43.0 Å². The fraction of sp³-hybridized carbons (Fsp3) is 0.444. The van der Waals surface area contributed by atoms with Crippen molar-refractivity contribution in [3.8, 4) is 11.1 Å². The third-order valence-corrected chi connectivity index (χ3v) is 7.85. The Balaban J connectivity index is 1.31. The first kappa shape index (κ1) is 26.0. The van der Waals surface area contributed by atoms with Crippen LogP contribution in [0.3, 0.4) is 0 Å². The number of hydrogen-bond donors (Lipinski definition) is 2. The summed E-state index contributed by atoms with van der Waals surface area (Å²) in [6, 6.07) is 3.89. The topological polar surface area (TPSA) is 167 Å². The van der Waals surface area contributed by atoms with E-state index in [1.807, 2.05) is 17.0 Å². The van der Waals surface area contributed by atoms with E-state index in [1.54, 1.807) is 19.5 Å². The molecule has 0 unspecified atom stereocenters. The Labute approximate surface area is 230 Å². The smallest absolute Gasteiger partial charge is 0.292 e. The predicted octanol–water partition coefficient (Wildman–Crippen LogP) is 2.41. The lowest BCUT2D eigenvalue weighted by molar-refractivity contribution is 0.0556. The molecule has 0 aromatic carbocycles. The van der Waals surface area contributed by atoms with Gasteiger partial charge in [0.15, 0.2) is 11.4 Å². The summed E-state index contributed by atoms with van der Waals surface area (Å²) in [5.41, 5.74) is 10.6. The highest BCUT2D eigenvalue weighted by atomic mass is 16.5. The number of methoxy groups -OCH3 is 1. The number of rotatable bonds is 9. The number of aromatic amines is 1. The van der Waals surface area contributed by atoms with Gasteiger partial charge in [-0.3, -0.25) is 14.6 Å². The minimum atomic E-state index is -0.161. The summed E-state index contributed by atoms with van der Waals surface area (Å²) in [7, 11) is 1.63. The predicted molar refractivity (Wildman–Crippen MR) is 144 cm³/mol. The lowest BCUT2D eigenvalue weighted by Gasteiger charge is -2.38. The number of nitrogen functional groups attached to an aromatic ring is 1. The zero-order chi connectivity index (χ0) is 27.8. The maximum Gasteiger partial charge on any atom is 0.292 e. The zero-order valence-electron chi connectivity index (χ0n) is 22.4. The lowest BCUT2D eigenvalue weighted by Crippen LogP contribution is -2.46. The van der Waals surface area contributed by atoms with Crippen LogP contribution in [-0.2, 0) is 16.1 Å². The van der Waals surface area contributed by atoms with Crippen molar-refractivity contribution < 1.29 is 19.1 Å². The number of pyridine rings is 1. The van der Waals surface area contributed by atoms with Crippen LogP contribution >= 0.6 is 0 Å². The molecular weight excluding hydrogens is 514 g/mol. The second-order valence-corrected chi connectivity index (χ2v) is 10.3. The van der Waals surface area contributed by atoms with E-state index in [0.29, 0.717) is 49.6 Å². The summed E-state index contributed by atoms with van der Waals surface area (Å²) in [5, 5.41) is 12.1. The van der Waals surface area contributed by atoms with Crippen LogP contribution in [0.25, 0.3) is 16.8 Å². The Morgan fingerprint density at radius 3 is 2.60 bits per heavy atom. The number of amides is 1. The van der Waals surface area contributed by atoms with E-state index in [4.69, 9.17) is 20.2 Å². The molecule has 13 nitrogen and oxygen atoms in total. The fourth-order valence-electron chi connectivity index (χ4n) is 6.05. The number of ketones is 1. The van der Waals surface area contributed by atoms with Crippen LogP contribution in [-0.4, -0.2) is 83.8 Å². The summed E-state index contributed by atoms with van der Waals surface area (Å²) >= 11 is 0. The van der Waals surface area contributed by atoms with E-state index in [9.17, 15) is 9.59 Å². The van der Waals surface area contributed by atoms with Crippen molar-refractivity contribution in [2.75, 3.05) is 26.1 Å². The number of nitrogens with two attached hydrogens (primary N) is 1. The van der Waals surface area contributed by atoms with Crippen LogP contribution in [0, 0.1) is 0 Å². The molecule has 0 saturated carbocycles. The number of hydrogen-bond acceptors (Lipinski definition) is 10. The Morgan fingerprint density at radius 1 is 1.15 bits per heavy atom. The van der Waals surface area contributed by atoms with Gasteiger partial charge in [0.1, 0.15) is 12.1 Å². The first-order valence-corrected chi connectivity index (χ1v) is 13.3. The molecule has 2 saturated heterocycles. The maximum absolute atomic E-state index is 13.1. The monoisotopic (exact) mass is 545 g/mol. The second kappa shape index (κ2) is 10.7. The summed E-state index contributed by atoms with van der Waals surface area (Å²) in [5.74, 6) is 0.174. The molecule has 2 aliphatic rings. The molecule has 4 aromatic rings. The van der Waals surface area contributed by atoms with Crippen molar-refractivity contribution in [2.45, 2.75) is 57.2 Å². The molecule has 6 rings (SSSR count). The van der Waals surface area contributed by atoms with Crippen molar-refractivity contribution in [3.05, 3.63) is 53.6 Å². The van der Waals surface area contributed by atoms with Gasteiger partial charge in [0, 0.05) is 42.4 Å². The fourth-order valence-corrected chi connectivity index (χ4v) is 6.05. The van der Waals surface area contributed by atoms with Crippen molar-refractivity contribution in [3.63, 3.8) is 0 Å². The Bertz CT molecular complexity index is 1520. The van der Waals surface area contributed by atoms with Crippen molar-refractivity contribution >= 4 is 23.2 Å². The lowest BCUT2D eigenvalue weighted by atomic mass is 9.85. The van der Waals surface area contributed by atoms with Crippen LogP contribution in [0.2, 0.25) is 0 Å². The number of anilines is 1. The highest BCUT2D eigenvalue weighted by molar-refractivity contribution is 6.00. The van der Waals surface area contributed by atoms with Crippen LogP contribution in [0.4, 0.5) is 5.82 Å². The maximum atomic E-state index is 13.1. The summed E-state index contributed by atoms with van der Waals surface area (Å²) in [6.45, 7) is 2.90. The van der Waals surface area contributed by atoms with Gasteiger partial charge in [0.25, 0.3) is 5.91 Å². The number of piperidine rings is 1. The number of Topliss-reactive ketones (excluding diaryl/α,β-unsaturated/α-hetero) is 1.